The van der Waals surface area contributed by atoms with E-state index >= 15 is 0 Å². The Kier molecular flexibility index (Phi) is 5.48. The number of carbonyl (C=O) groups excluding carboxylic acids is 1. The largest absolute Gasteiger partial charge is 0.497 e. The number of nitrogens with one attached hydrogen (secondary N) is 1. The van der Waals surface area contributed by atoms with Gasteiger partial charge in [-0.3, -0.25) is 4.79 Å². The van der Waals surface area contributed by atoms with Crippen LogP contribution in [0, 0.1) is 0 Å². The third-order valence-electron chi connectivity index (χ3n) is 4.44. The molecular formula is C22H20N4O2S. The van der Waals surface area contributed by atoms with E-state index in [1.54, 1.807) is 13.3 Å². The number of aryl methyl sites for hydroxylation is 2. The fourth-order valence-electron chi connectivity index (χ4n) is 3.05. The first-order valence-electron chi connectivity index (χ1n) is 9.24. The van der Waals surface area contributed by atoms with Crippen LogP contribution in [0.4, 0.5) is 5.13 Å². The molecule has 4 rings (SSSR count). The molecule has 0 aliphatic carbocycles. The van der Waals surface area contributed by atoms with Gasteiger partial charge in [0.2, 0.25) is 5.91 Å². The Bertz CT molecular complexity index is 1170. The minimum atomic E-state index is -0.124. The molecule has 2 aromatic carbocycles. The monoisotopic (exact) mass is 404 g/mol. The molecule has 0 spiro atoms. The van der Waals surface area contributed by atoms with Crippen molar-refractivity contribution < 1.29 is 9.53 Å². The highest BCUT2D eigenvalue weighted by atomic mass is 32.1. The fourth-order valence-corrected chi connectivity index (χ4v) is 4.00. The molecule has 1 amide bonds. The van der Waals surface area contributed by atoms with Crippen LogP contribution >= 0.6 is 11.3 Å². The summed E-state index contributed by atoms with van der Waals surface area (Å²) in [6.45, 7) is 1.48. The average molecular weight is 404 g/mol. The maximum absolute atomic E-state index is 11.2. The van der Waals surface area contributed by atoms with Gasteiger partial charge in [-0.1, -0.05) is 29.5 Å². The average Bonchev–Trinajstić information content (AvgIpc) is 3.13. The topological polar surface area (TPSA) is 77.0 Å². The minimum Gasteiger partial charge on any atom is -0.497 e. The predicted molar refractivity (Wildman–Crippen MR) is 115 cm³/mol. The normalized spacial score (nSPS) is 10.8. The van der Waals surface area contributed by atoms with Crippen molar-refractivity contribution in [3.8, 4) is 17.0 Å². The van der Waals surface area contributed by atoms with E-state index < -0.39 is 0 Å². The molecule has 6 nitrogen and oxygen atoms in total. The molecule has 0 aliphatic heterocycles. The smallest absolute Gasteiger partial charge is 0.223 e. The minimum absolute atomic E-state index is 0.124. The molecule has 0 radical (unpaired) electrons. The Morgan fingerprint density at radius 3 is 2.83 bits per heavy atom. The number of amides is 1. The van der Waals surface area contributed by atoms with Crippen LogP contribution in [-0.4, -0.2) is 28.0 Å². The van der Waals surface area contributed by atoms with E-state index in [-0.39, 0.29) is 5.91 Å². The highest BCUT2D eigenvalue weighted by Crippen LogP contribution is 2.30. The van der Waals surface area contributed by atoms with Crippen LogP contribution in [0.3, 0.4) is 0 Å². The Morgan fingerprint density at radius 2 is 2.00 bits per heavy atom. The Balaban J connectivity index is 1.53. The summed E-state index contributed by atoms with van der Waals surface area (Å²) < 4.78 is 6.29. The van der Waals surface area contributed by atoms with Crippen molar-refractivity contribution in [3.05, 3.63) is 66.1 Å². The van der Waals surface area contributed by atoms with Crippen molar-refractivity contribution in [2.45, 2.75) is 19.8 Å². The molecular weight excluding hydrogens is 384 g/mol. The SMILES string of the molecule is COc1cccc(CCc2nccc(-c3ccc4nc(NC(C)=O)sc4c3)n2)c1. The van der Waals surface area contributed by atoms with E-state index in [0.29, 0.717) is 5.13 Å². The maximum Gasteiger partial charge on any atom is 0.223 e. The molecule has 0 bridgehead atoms. The van der Waals surface area contributed by atoms with Crippen molar-refractivity contribution in [3.63, 3.8) is 0 Å². The Labute approximate surface area is 172 Å². The summed E-state index contributed by atoms with van der Waals surface area (Å²) in [7, 11) is 1.67. The zero-order valence-corrected chi connectivity index (χ0v) is 17.0. The number of carbonyl (C=O) groups is 1. The van der Waals surface area contributed by atoms with Gasteiger partial charge < -0.3 is 10.1 Å². The van der Waals surface area contributed by atoms with E-state index in [2.05, 4.69) is 21.4 Å². The number of ether oxygens (including phenoxy) is 1. The van der Waals surface area contributed by atoms with Crippen LogP contribution in [-0.2, 0) is 17.6 Å². The van der Waals surface area contributed by atoms with Gasteiger partial charge in [0.05, 0.1) is 23.0 Å². The van der Waals surface area contributed by atoms with Crippen molar-refractivity contribution in [1.82, 2.24) is 15.0 Å². The van der Waals surface area contributed by atoms with E-state index in [4.69, 9.17) is 9.72 Å². The van der Waals surface area contributed by atoms with Gasteiger partial charge in [-0.2, -0.15) is 0 Å². The maximum atomic E-state index is 11.2. The lowest BCUT2D eigenvalue weighted by Crippen LogP contribution is -2.04. The van der Waals surface area contributed by atoms with Crippen molar-refractivity contribution in [1.29, 1.82) is 0 Å². The van der Waals surface area contributed by atoms with E-state index in [0.717, 1.165) is 45.9 Å². The van der Waals surface area contributed by atoms with Gasteiger partial charge in [-0.05, 0) is 42.3 Å². The third kappa shape index (κ3) is 4.57. The number of anilines is 1. The van der Waals surface area contributed by atoms with Gasteiger partial charge in [0.1, 0.15) is 11.6 Å². The number of thiazole rings is 1. The molecule has 1 N–H and O–H groups in total. The lowest BCUT2D eigenvalue weighted by atomic mass is 10.1. The molecule has 4 aromatic rings. The van der Waals surface area contributed by atoms with Crippen molar-refractivity contribution >= 4 is 32.6 Å². The van der Waals surface area contributed by atoms with E-state index in [1.165, 1.54) is 23.8 Å². The van der Waals surface area contributed by atoms with Crippen LogP contribution in [0.5, 0.6) is 5.75 Å². The molecule has 29 heavy (non-hydrogen) atoms. The van der Waals surface area contributed by atoms with E-state index in [1.807, 2.05) is 42.5 Å². The molecule has 0 aliphatic rings. The highest BCUT2D eigenvalue weighted by Gasteiger charge is 2.09. The highest BCUT2D eigenvalue weighted by molar-refractivity contribution is 7.22. The summed E-state index contributed by atoms with van der Waals surface area (Å²) in [5.74, 6) is 1.53. The van der Waals surface area contributed by atoms with Crippen LogP contribution < -0.4 is 10.1 Å². The lowest BCUT2D eigenvalue weighted by molar-refractivity contribution is -0.114. The van der Waals surface area contributed by atoms with Crippen molar-refractivity contribution in [2.75, 3.05) is 12.4 Å². The number of fused-ring (bicyclic) bond motifs is 1. The standard InChI is InChI=1S/C22H20N4O2S/c1-14(27)24-22-26-19-8-7-16(13-20(19)29-22)18-10-11-23-21(25-18)9-6-15-4-3-5-17(12-15)28-2/h3-5,7-8,10-13H,6,9H2,1-2H3,(H,24,26,27). The van der Waals surface area contributed by atoms with Gasteiger partial charge in [-0.25, -0.2) is 15.0 Å². The van der Waals surface area contributed by atoms with Gasteiger partial charge in [0.15, 0.2) is 5.13 Å². The van der Waals surface area contributed by atoms with Crippen LogP contribution in [0.1, 0.15) is 18.3 Å². The first-order valence-corrected chi connectivity index (χ1v) is 10.1. The second kappa shape index (κ2) is 8.36. The van der Waals surface area contributed by atoms with E-state index in [9.17, 15) is 4.79 Å². The molecule has 2 aromatic heterocycles. The number of rotatable bonds is 6. The zero-order valence-electron chi connectivity index (χ0n) is 16.2. The number of benzene rings is 2. The summed E-state index contributed by atoms with van der Waals surface area (Å²) in [6, 6.07) is 15.9. The Hall–Kier alpha value is -3.32. The quantitative estimate of drug-likeness (QED) is 0.512. The van der Waals surface area contributed by atoms with Crippen LogP contribution in [0.2, 0.25) is 0 Å². The molecule has 0 saturated carbocycles. The molecule has 0 unspecified atom stereocenters. The summed E-state index contributed by atoms with van der Waals surface area (Å²) in [5, 5.41) is 3.34. The predicted octanol–water partition coefficient (Wildman–Crippen LogP) is 4.51. The van der Waals surface area contributed by atoms with Gasteiger partial charge in [0, 0.05) is 25.1 Å². The second-order valence-corrected chi connectivity index (χ2v) is 7.62. The molecule has 146 valence electrons. The molecule has 0 fully saturated rings. The summed E-state index contributed by atoms with van der Waals surface area (Å²) >= 11 is 1.45. The van der Waals surface area contributed by atoms with Crippen molar-refractivity contribution in [2.24, 2.45) is 0 Å². The first-order chi connectivity index (χ1) is 14.1. The van der Waals surface area contributed by atoms with Crippen LogP contribution in [0.15, 0.2) is 54.7 Å². The number of hydrogen-bond donors (Lipinski definition) is 1. The summed E-state index contributed by atoms with van der Waals surface area (Å²) in [5.41, 5.74) is 3.92. The molecule has 2 heterocycles. The number of nitrogens with zero attached hydrogens (tertiary/aromatic N) is 3. The first kappa shape index (κ1) is 19.0. The fraction of sp³-hybridized carbons (Fsp3) is 0.182. The number of methoxy groups -OCH3 is 1. The molecule has 7 heteroatoms. The lowest BCUT2D eigenvalue weighted by Gasteiger charge is -2.06. The summed E-state index contributed by atoms with van der Waals surface area (Å²) in [6.07, 6.45) is 3.38. The van der Waals surface area contributed by atoms with Gasteiger partial charge in [-0.15, -0.1) is 0 Å². The number of hydrogen-bond acceptors (Lipinski definition) is 6. The number of aromatic nitrogens is 3. The Morgan fingerprint density at radius 1 is 1.10 bits per heavy atom. The second-order valence-electron chi connectivity index (χ2n) is 6.59. The summed E-state index contributed by atoms with van der Waals surface area (Å²) in [4.78, 5) is 24.8. The molecule has 0 saturated heterocycles. The van der Waals surface area contributed by atoms with Gasteiger partial charge in [0.25, 0.3) is 0 Å². The third-order valence-corrected chi connectivity index (χ3v) is 5.38. The zero-order chi connectivity index (χ0) is 20.2. The molecule has 0 atom stereocenters. The van der Waals surface area contributed by atoms with Gasteiger partial charge >= 0.3 is 0 Å². The van der Waals surface area contributed by atoms with Crippen LogP contribution in [0.25, 0.3) is 21.5 Å².